The molecule has 10 heteroatoms. The fourth-order valence-corrected chi connectivity index (χ4v) is 8.18. The van der Waals surface area contributed by atoms with Crippen LogP contribution in [0.2, 0.25) is 0 Å². The Morgan fingerprint density at radius 1 is 0.337 bits per heavy atom. The van der Waals surface area contributed by atoms with Gasteiger partial charge in [-0.3, -0.25) is 19.2 Å². The number of carbonyl (C=O) groups excluding carboxylic acids is 4. The summed E-state index contributed by atoms with van der Waals surface area (Å²) >= 11 is 0. The summed E-state index contributed by atoms with van der Waals surface area (Å²) in [5, 5.41) is 9.12. The standard InChI is InChI=1S/C22H35NO2.C19H31NO.C14H30O2.C12H25NO.C12H26O/c1-21(2,3)12-13-23-20(25)18(14-17-10-8-7-9-11-17)15-19(24)16-22(4,5)6;1-18(2,3)12-13-20-17(21)16(19(4,5)6)14-15-10-8-7-9-11-15;1-13(2,3)7-9-15-11-12-16-10-8-14(4,5)6;1-11(2,3)7-8-13-10(14)9-12(4,5)6;1-11(2,3)7-9-13-10-8-12(4,5)6/h7-11,18H,12-16H2,1-6H3,(H,23,25);7-11,16H,12-14H2,1-6H3,(H,20,21);7-12H2,1-6H3;7-9H2,1-6H3,(H,13,14);7-10H2,1-6H3. The van der Waals surface area contributed by atoms with E-state index in [1.54, 1.807) is 0 Å². The Morgan fingerprint density at radius 3 is 0.933 bits per heavy atom. The van der Waals surface area contributed by atoms with Crippen molar-refractivity contribution in [3.05, 3.63) is 71.8 Å². The predicted octanol–water partition coefficient (Wildman–Crippen LogP) is 20.0. The van der Waals surface area contributed by atoms with Crippen LogP contribution in [0.3, 0.4) is 0 Å². The molecular formula is C79H147N3O7. The summed E-state index contributed by atoms with van der Waals surface area (Å²) in [6.45, 7) is 72.5. The number of ether oxygens (including phenoxy) is 3. The average molecular weight is 1250 g/mol. The van der Waals surface area contributed by atoms with Gasteiger partial charge < -0.3 is 30.2 Å². The first-order valence-corrected chi connectivity index (χ1v) is 34.2. The van der Waals surface area contributed by atoms with Crippen LogP contribution < -0.4 is 16.0 Å². The Balaban J connectivity index is -0.00000106. The van der Waals surface area contributed by atoms with Crippen molar-refractivity contribution < 1.29 is 33.4 Å². The highest BCUT2D eigenvalue weighted by Crippen LogP contribution is 2.30. The van der Waals surface area contributed by atoms with E-state index >= 15 is 0 Å². The van der Waals surface area contributed by atoms with Gasteiger partial charge in [-0.05, 0) is 123 Å². The van der Waals surface area contributed by atoms with Crippen LogP contribution in [-0.2, 0) is 46.2 Å². The largest absolute Gasteiger partial charge is 0.381 e. The van der Waals surface area contributed by atoms with Gasteiger partial charge in [-0.15, -0.1) is 0 Å². The van der Waals surface area contributed by atoms with E-state index in [0.29, 0.717) is 59.3 Å². The highest BCUT2D eigenvalue weighted by atomic mass is 16.5. The SMILES string of the molecule is CC(C)(C)CCNC(=O)C(CC(=O)CC(C)(C)C)Cc1ccccc1.CC(C)(C)CCNC(=O)C(Cc1ccccc1)C(C)(C)C.CC(C)(C)CCNC(=O)CC(C)(C)C.CC(C)(C)CCOCCC(C)(C)C.CC(C)(C)CCOCCOCCC(C)(C)C. The summed E-state index contributed by atoms with van der Waals surface area (Å²) in [7, 11) is 0. The van der Waals surface area contributed by atoms with Crippen LogP contribution in [-0.4, -0.2) is 82.8 Å². The van der Waals surface area contributed by atoms with E-state index < -0.39 is 0 Å². The number of hydrogen-bond acceptors (Lipinski definition) is 7. The molecule has 0 aromatic heterocycles. The average Bonchev–Trinajstić information content (AvgIpc) is 2.34. The molecule has 0 fully saturated rings. The second kappa shape index (κ2) is 42.6. The number of nitrogens with one attached hydrogen (secondary N) is 3. The lowest BCUT2D eigenvalue weighted by Crippen LogP contribution is -2.40. The van der Waals surface area contributed by atoms with Gasteiger partial charge in [-0.1, -0.05) is 268 Å². The van der Waals surface area contributed by atoms with Gasteiger partial charge in [0.1, 0.15) is 5.78 Å². The van der Waals surface area contributed by atoms with Crippen molar-refractivity contribution in [1.29, 1.82) is 0 Å². The summed E-state index contributed by atoms with van der Waals surface area (Å²) in [6, 6.07) is 20.2. The van der Waals surface area contributed by atoms with E-state index in [2.05, 4.69) is 236 Å². The zero-order chi connectivity index (χ0) is 69.8. The summed E-state index contributed by atoms with van der Waals surface area (Å²) in [5.41, 5.74) is 4.61. The third kappa shape index (κ3) is 67.1. The topological polar surface area (TPSA) is 132 Å². The molecule has 0 heterocycles. The number of Topliss-reactive ketones (excluding diaryl/α,β-unsaturated/α-hetero) is 1. The van der Waals surface area contributed by atoms with Gasteiger partial charge in [0.15, 0.2) is 0 Å². The number of amides is 3. The molecule has 89 heavy (non-hydrogen) atoms. The molecule has 10 nitrogen and oxygen atoms in total. The minimum atomic E-state index is -0.294. The Kier molecular flexibility index (Phi) is 42.9. The molecule has 520 valence electrons. The number of ketones is 1. The molecule has 2 rings (SSSR count). The molecule has 0 aliphatic heterocycles. The molecule has 0 radical (unpaired) electrons. The lowest BCUT2D eigenvalue weighted by molar-refractivity contribution is -0.130. The van der Waals surface area contributed by atoms with Gasteiger partial charge in [0, 0.05) is 77.2 Å². The molecule has 0 aliphatic rings. The van der Waals surface area contributed by atoms with Crippen LogP contribution in [0.4, 0.5) is 0 Å². The molecule has 2 unspecified atom stereocenters. The maximum Gasteiger partial charge on any atom is 0.223 e. The fourth-order valence-electron chi connectivity index (χ4n) is 8.18. The maximum atomic E-state index is 12.7. The van der Waals surface area contributed by atoms with E-state index in [9.17, 15) is 19.2 Å². The molecule has 0 saturated carbocycles. The van der Waals surface area contributed by atoms with Crippen molar-refractivity contribution in [2.24, 2.45) is 66.0 Å². The summed E-state index contributed by atoms with van der Waals surface area (Å²) in [4.78, 5) is 49.1. The van der Waals surface area contributed by atoms with E-state index in [-0.39, 0.29) is 62.4 Å². The smallest absolute Gasteiger partial charge is 0.223 e. The lowest BCUT2D eigenvalue weighted by atomic mass is 9.76. The quantitative estimate of drug-likeness (QED) is 0.0759. The van der Waals surface area contributed by atoms with E-state index in [1.807, 2.05) is 48.5 Å². The van der Waals surface area contributed by atoms with E-state index in [1.165, 1.54) is 5.56 Å². The van der Waals surface area contributed by atoms with Crippen molar-refractivity contribution >= 4 is 23.5 Å². The second-order valence-corrected chi connectivity index (χ2v) is 37.2. The maximum absolute atomic E-state index is 12.7. The van der Waals surface area contributed by atoms with Crippen LogP contribution >= 0.6 is 0 Å². The zero-order valence-electron chi connectivity index (χ0n) is 64.1. The number of benzene rings is 2. The molecule has 3 N–H and O–H groups in total. The third-order valence-electron chi connectivity index (χ3n) is 14.1. The van der Waals surface area contributed by atoms with Crippen LogP contribution in [0.25, 0.3) is 0 Å². The van der Waals surface area contributed by atoms with Crippen molar-refractivity contribution in [2.45, 2.75) is 285 Å². The van der Waals surface area contributed by atoms with Gasteiger partial charge in [-0.25, -0.2) is 0 Å². The molecule has 3 amide bonds. The Bertz CT molecular complexity index is 2100. The first kappa shape index (κ1) is 89.6. The summed E-state index contributed by atoms with van der Waals surface area (Å²) in [6.07, 6.45) is 10.3. The van der Waals surface area contributed by atoms with Crippen molar-refractivity contribution in [3.63, 3.8) is 0 Å². The van der Waals surface area contributed by atoms with Gasteiger partial charge in [0.2, 0.25) is 17.7 Å². The highest BCUT2D eigenvalue weighted by molar-refractivity contribution is 5.87. The number of rotatable bonds is 27. The van der Waals surface area contributed by atoms with Crippen LogP contribution in [0, 0.1) is 66.0 Å². The molecule has 0 saturated heterocycles. The van der Waals surface area contributed by atoms with Gasteiger partial charge in [0.25, 0.3) is 0 Å². The fraction of sp³-hybridized carbons (Fsp3) is 0.797. The monoisotopic (exact) mass is 1250 g/mol. The Hall–Kier alpha value is -3.60. The highest BCUT2D eigenvalue weighted by Gasteiger charge is 2.32. The van der Waals surface area contributed by atoms with Crippen LogP contribution in [0.1, 0.15) is 283 Å². The second-order valence-electron chi connectivity index (χ2n) is 37.2. The Labute approximate surface area is 552 Å². The minimum absolute atomic E-state index is 0.000122. The molecule has 2 atom stereocenters. The normalized spacial score (nSPS) is 13.3. The molecule has 0 aliphatic carbocycles. The van der Waals surface area contributed by atoms with Gasteiger partial charge in [-0.2, -0.15) is 0 Å². The summed E-state index contributed by atoms with van der Waals surface area (Å²) in [5.74, 6) is 0.212. The molecule has 0 bridgehead atoms. The molecule has 2 aromatic rings. The van der Waals surface area contributed by atoms with Gasteiger partial charge in [0.05, 0.1) is 13.2 Å². The van der Waals surface area contributed by atoms with Crippen LogP contribution in [0.15, 0.2) is 60.7 Å². The van der Waals surface area contributed by atoms with E-state index in [0.717, 1.165) is 110 Å². The Morgan fingerprint density at radius 2 is 0.629 bits per heavy atom. The number of hydrogen-bond donors (Lipinski definition) is 3. The number of carbonyl (C=O) groups is 4. The zero-order valence-corrected chi connectivity index (χ0v) is 64.1. The predicted molar refractivity (Wildman–Crippen MR) is 384 cm³/mol. The third-order valence-corrected chi connectivity index (χ3v) is 14.1. The molecule has 2 aromatic carbocycles. The van der Waals surface area contributed by atoms with Crippen LogP contribution in [0.5, 0.6) is 0 Å². The van der Waals surface area contributed by atoms with Crippen molar-refractivity contribution in [3.8, 4) is 0 Å². The first-order valence-electron chi connectivity index (χ1n) is 34.2. The van der Waals surface area contributed by atoms with Crippen molar-refractivity contribution in [1.82, 2.24) is 16.0 Å². The summed E-state index contributed by atoms with van der Waals surface area (Å²) < 4.78 is 16.6. The molecular weight excluding hydrogens is 1100 g/mol. The van der Waals surface area contributed by atoms with E-state index in [4.69, 9.17) is 14.2 Å². The first-order chi connectivity index (χ1) is 40.1. The minimum Gasteiger partial charge on any atom is -0.381 e. The van der Waals surface area contributed by atoms with Gasteiger partial charge >= 0.3 is 0 Å². The van der Waals surface area contributed by atoms with Crippen molar-refractivity contribution in [2.75, 3.05) is 59.3 Å². The molecule has 0 spiro atoms. The lowest BCUT2D eigenvalue weighted by Gasteiger charge is -2.30.